The second kappa shape index (κ2) is 6.48. The molecule has 1 N–H and O–H groups in total. The molecule has 7 heteroatoms. The highest BCUT2D eigenvalue weighted by atomic mass is 16.7. The lowest BCUT2D eigenvalue weighted by Gasteiger charge is -2.34. The van der Waals surface area contributed by atoms with E-state index >= 15 is 0 Å². The van der Waals surface area contributed by atoms with Crippen molar-refractivity contribution in [2.24, 2.45) is 5.16 Å². The highest BCUT2D eigenvalue weighted by molar-refractivity contribution is 6.12. The zero-order valence-electron chi connectivity index (χ0n) is 16.1. The molecule has 2 aromatic rings. The molecule has 0 aromatic carbocycles. The summed E-state index contributed by atoms with van der Waals surface area (Å²) in [5.41, 5.74) is 5.12. The third-order valence-corrected chi connectivity index (χ3v) is 6.23. The van der Waals surface area contributed by atoms with Gasteiger partial charge < -0.3 is 14.9 Å². The van der Waals surface area contributed by atoms with Crippen LogP contribution >= 0.6 is 0 Å². The van der Waals surface area contributed by atoms with E-state index in [1.54, 1.807) is 0 Å². The molecule has 2 aliphatic heterocycles. The van der Waals surface area contributed by atoms with E-state index < -0.39 is 0 Å². The number of hydrogen-bond acceptors (Lipinski definition) is 6. The van der Waals surface area contributed by atoms with Crippen molar-refractivity contribution in [1.29, 1.82) is 0 Å². The van der Waals surface area contributed by atoms with E-state index in [1.165, 1.54) is 6.42 Å². The van der Waals surface area contributed by atoms with Crippen molar-refractivity contribution in [3.8, 4) is 0 Å². The quantitative estimate of drug-likeness (QED) is 0.894. The van der Waals surface area contributed by atoms with Gasteiger partial charge in [-0.25, -0.2) is 9.67 Å². The van der Waals surface area contributed by atoms with E-state index in [2.05, 4.69) is 29.4 Å². The van der Waals surface area contributed by atoms with Crippen molar-refractivity contribution in [1.82, 2.24) is 14.8 Å². The molecule has 1 spiro atoms. The summed E-state index contributed by atoms with van der Waals surface area (Å²) in [6.45, 7) is 6.59. The molecule has 7 nitrogen and oxygen atoms in total. The van der Waals surface area contributed by atoms with Gasteiger partial charge in [0.05, 0.1) is 28.7 Å². The fourth-order valence-electron chi connectivity index (χ4n) is 4.48. The number of oxime groups is 1. The Morgan fingerprint density at radius 1 is 1.30 bits per heavy atom. The van der Waals surface area contributed by atoms with Crippen LogP contribution in [0.4, 0.5) is 5.69 Å². The highest BCUT2D eigenvalue weighted by Crippen LogP contribution is 2.45. The van der Waals surface area contributed by atoms with E-state index in [4.69, 9.17) is 14.6 Å². The Labute approximate surface area is 159 Å². The molecule has 1 saturated heterocycles. The van der Waals surface area contributed by atoms with E-state index in [9.17, 15) is 0 Å². The minimum atomic E-state index is -0.0553. The lowest BCUT2D eigenvalue weighted by atomic mass is 9.76. The van der Waals surface area contributed by atoms with Gasteiger partial charge in [0, 0.05) is 37.8 Å². The van der Waals surface area contributed by atoms with Crippen LogP contribution in [0.15, 0.2) is 11.4 Å². The Kier molecular flexibility index (Phi) is 4.07. The first-order valence-corrected chi connectivity index (χ1v) is 10.1. The predicted molar refractivity (Wildman–Crippen MR) is 104 cm³/mol. The monoisotopic (exact) mass is 369 g/mol. The number of aromatic nitrogens is 3. The summed E-state index contributed by atoms with van der Waals surface area (Å²) < 4.78 is 7.50. The Hall–Kier alpha value is -2.15. The van der Waals surface area contributed by atoms with Gasteiger partial charge in [0.1, 0.15) is 5.60 Å². The van der Waals surface area contributed by atoms with Gasteiger partial charge in [0.2, 0.25) is 0 Å². The van der Waals surface area contributed by atoms with Crippen molar-refractivity contribution in [2.75, 3.05) is 18.5 Å². The smallest absolute Gasteiger partial charge is 0.160 e. The number of ether oxygens (including phenoxy) is 1. The van der Waals surface area contributed by atoms with Crippen LogP contribution in [0, 0.1) is 6.92 Å². The second-order valence-corrected chi connectivity index (χ2v) is 8.02. The van der Waals surface area contributed by atoms with Crippen molar-refractivity contribution in [2.45, 2.75) is 70.6 Å². The van der Waals surface area contributed by atoms with Crippen LogP contribution in [0.2, 0.25) is 0 Å². The molecule has 5 rings (SSSR count). The van der Waals surface area contributed by atoms with Gasteiger partial charge in [-0.1, -0.05) is 5.16 Å². The minimum Gasteiger partial charge on any atom is -0.389 e. The van der Waals surface area contributed by atoms with Crippen LogP contribution in [0.25, 0.3) is 11.0 Å². The van der Waals surface area contributed by atoms with Gasteiger partial charge in [-0.3, -0.25) is 0 Å². The summed E-state index contributed by atoms with van der Waals surface area (Å²) in [5.74, 6) is 0. The molecule has 144 valence electrons. The largest absolute Gasteiger partial charge is 0.389 e. The number of nitrogens with one attached hydrogen (secondary N) is 1. The minimum absolute atomic E-state index is 0.0553. The molecule has 4 heterocycles. The van der Waals surface area contributed by atoms with Crippen molar-refractivity contribution in [3.05, 3.63) is 17.5 Å². The Bertz CT molecular complexity index is 893. The lowest BCUT2D eigenvalue weighted by molar-refractivity contribution is -0.0755. The summed E-state index contributed by atoms with van der Waals surface area (Å²) in [4.78, 5) is 10.8. The van der Waals surface area contributed by atoms with Crippen LogP contribution in [0.1, 0.15) is 56.7 Å². The standard InChI is InChI=1S/C20H27N5O2/c1-3-25-19-15(12-21-25)18(23-14-5-9-26-10-6-14)17(13(2)22-19)16-11-20(27-24-16)7-4-8-20/h12,14H,3-11H2,1-2H3,(H,22,23). The van der Waals surface area contributed by atoms with Gasteiger partial charge in [-0.05, 0) is 46.0 Å². The van der Waals surface area contributed by atoms with Crippen LogP contribution < -0.4 is 5.32 Å². The molecule has 2 aromatic heterocycles. The third kappa shape index (κ3) is 2.79. The highest BCUT2D eigenvalue weighted by Gasteiger charge is 2.45. The average Bonchev–Trinajstić information content (AvgIpc) is 3.27. The lowest BCUT2D eigenvalue weighted by Crippen LogP contribution is -2.37. The van der Waals surface area contributed by atoms with E-state index in [0.717, 1.165) is 85.6 Å². The fraction of sp³-hybridized carbons (Fsp3) is 0.650. The maximum Gasteiger partial charge on any atom is 0.160 e. The number of anilines is 1. The van der Waals surface area contributed by atoms with Crippen molar-refractivity contribution < 1.29 is 9.57 Å². The molecule has 0 amide bonds. The summed E-state index contributed by atoms with van der Waals surface area (Å²) in [6.07, 6.45) is 8.28. The number of fused-ring (bicyclic) bond motifs is 1. The second-order valence-electron chi connectivity index (χ2n) is 8.02. The molecule has 0 bridgehead atoms. The average molecular weight is 369 g/mol. The first kappa shape index (κ1) is 17.0. The topological polar surface area (TPSA) is 73.6 Å². The van der Waals surface area contributed by atoms with Gasteiger partial charge in [0.15, 0.2) is 5.65 Å². The molecule has 0 unspecified atom stereocenters. The molecule has 27 heavy (non-hydrogen) atoms. The summed E-state index contributed by atoms with van der Waals surface area (Å²) in [6, 6.07) is 0.396. The van der Waals surface area contributed by atoms with E-state index in [-0.39, 0.29) is 5.60 Å². The van der Waals surface area contributed by atoms with E-state index in [1.807, 2.05) is 10.9 Å². The number of pyridine rings is 1. The van der Waals surface area contributed by atoms with Crippen LogP contribution in [-0.4, -0.2) is 45.3 Å². The van der Waals surface area contributed by atoms with E-state index in [0.29, 0.717) is 6.04 Å². The van der Waals surface area contributed by atoms with Gasteiger partial charge in [-0.2, -0.15) is 5.10 Å². The molecule has 1 saturated carbocycles. The Morgan fingerprint density at radius 2 is 2.11 bits per heavy atom. The zero-order valence-corrected chi connectivity index (χ0v) is 16.1. The number of nitrogens with zero attached hydrogens (tertiary/aromatic N) is 4. The molecule has 0 atom stereocenters. The van der Waals surface area contributed by atoms with Crippen molar-refractivity contribution >= 4 is 22.4 Å². The molecule has 2 fully saturated rings. The summed E-state index contributed by atoms with van der Waals surface area (Å²) in [7, 11) is 0. The Balaban J connectivity index is 1.60. The first-order valence-electron chi connectivity index (χ1n) is 10.1. The number of rotatable bonds is 4. The predicted octanol–water partition coefficient (Wildman–Crippen LogP) is 3.40. The molecule has 3 aliphatic rings. The molecular formula is C20H27N5O2. The number of hydrogen-bond donors (Lipinski definition) is 1. The maximum absolute atomic E-state index is 5.87. The molecule has 0 radical (unpaired) electrons. The molecule has 1 aliphatic carbocycles. The Morgan fingerprint density at radius 3 is 2.78 bits per heavy atom. The first-order chi connectivity index (χ1) is 13.2. The van der Waals surface area contributed by atoms with Crippen LogP contribution in [0.5, 0.6) is 0 Å². The summed E-state index contributed by atoms with van der Waals surface area (Å²) >= 11 is 0. The van der Waals surface area contributed by atoms with Crippen molar-refractivity contribution in [3.63, 3.8) is 0 Å². The van der Waals surface area contributed by atoms with Gasteiger partial charge in [0.25, 0.3) is 0 Å². The van der Waals surface area contributed by atoms with Crippen LogP contribution in [0.3, 0.4) is 0 Å². The van der Waals surface area contributed by atoms with Crippen LogP contribution in [-0.2, 0) is 16.1 Å². The molecular weight excluding hydrogens is 342 g/mol. The maximum atomic E-state index is 5.87. The number of aryl methyl sites for hydroxylation is 2. The zero-order chi connectivity index (χ0) is 18.4. The SMILES string of the molecule is CCn1ncc2c(NC3CCOCC3)c(C3=NOC4(CCC4)C3)c(C)nc21. The third-order valence-electron chi connectivity index (χ3n) is 6.23. The summed E-state index contributed by atoms with van der Waals surface area (Å²) in [5, 5.41) is 13.9. The normalized spacial score (nSPS) is 21.9. The fourth-order valence-corrected chi connectivity index (χ4v) is 4.48. The van der Waals surface area contributed by atoms with Gasteiger partial charge in [-0.15, -0.1) is 0 Å². The van der Waals surface area contributed by atoms with Gasteiger partial charge >= 0.3 is 0 Å².